The SMILES string of the molecule is N#CC1(c2ccccc2)CCCCCNC1=O. The van der Waals surface area contributed by atoms with Gasteiger partial charge in [-0.1, -0.05) is 43.2 Å². The summed E-state index contributed by atoms with van der Waals surface area (Å²) in [7, 11) is 0. The van der Waals surface area contributed by atoms with Gasteiger partial charge in [0.1, 0.15) is 0 Å². The zero-order chi connectivity index (χ0) is 12.1. The molecule has 3 nitrogen and oxygen atoms in total. The Labute approximate surface area is 101 Å². The van der Waals surface area contributed by atoms with Crippen molar-refractivity contribution in [1.29, 1.82) is 5.26 Å². The van der Waals surface area contributed by atoms with Gasteiger partial charge in [0, 0.05) is 6.54 Å². The predicted octanol–water partition coefficient (Wildman–Crippen LogP) is 2.14. The van der Waals surface area contributed by atoms with E-state index in [1.165, 1.54) is 0 Å². The van der Waals surface area contributed by atoms with Gasteiger partial charge in [-0.25, -0.2) is 0 Å². The molecular formula is C14H16N2O. The maximum absolute atomic E-state index is 12.2. The van der Waals surface area contributed by atoms with E-state index in [0.29, 0.717) is 13.0 Å². The summed E-state index contributed by atoms with van der Waals surface area (Å²) in [5, 5.41) is 12.3. The highest BCUT2D eigenvalue weighted by Gasteiger charge is 2.40. The molecular weight excluding hydrogens is 212 g/mol. The van der Waals surface area contributed by atoms with Gasteiger partial charge in [-0.05, 0) is 18.4 Å². The normalized spacial score (nSPS) is 25.2. The van der Waals surface area contributed by atoms with E-state index in [0.717, 1.165) is 24.8 Å². The number of nitrogens with zero attached hydrogens (tertiary/aromatic N) is 1. The summed E-state index contributed by atoms with van der Waals surface area (Å²) in [6.07, 6.45) is 3.60. The monoisotopic (exact) mass is 228 g/mol. The Kier molecular flexibility index (Phi) is 3.43. The molecule has 0 saturated carbocycles. The second-order valence-electron chi connectivity index (χ2n) is 4.45. The summed E-state index contributed by atoms with van der Waals surface area (Å²) in [6, 6.07) is 11.6. The number of carbonyl (C=O) groups excluding carboxylic acids is 1. The lowest BCUT2D eigenvalue weighted by atomic mass is 9.76. The molecule has 0 radical (unpaired) electrons. The third-order valence-corrected chi connectivity index (χ3v) is 3.36. The Balaban J connectivity index is 2.40. The molecule has 1 aliphatic rings. The smallest absolute Gasteiger partial charge is 0.245 e. The van der Waals surface area contributed by atoms with Crippen molar-refractivity contribution in [3.05, 3.63) is 35.9 Å². The van der Waals surface area contributed by atoms with E-state index >= 15 is 0 Å². The molecule has 1 fully saturated rings. The third kappa shape index (κ3) is 2.16. The summed E-state index contributed by atoms with van der Waals surface area (Å²) < 4.78 is 0. The van der Waals surface area contributed by atoms with Gasteiger partial charge in [-0.2, -0.15) is 5.26 Å². The minimum Gasteiger partial charge on any atom is -0.354 e. The number of hydrogen-bond acceptors (Lipinski definition) is 2. The fourth-order valence-electron chi connectivity index (χ4n) is 2.33. The molecule has 1 unspecified atom stereocenters. The van der Waals surface area contributed by atoms with Crippen molar-refractivity contribution in [3.8, 4) is 6.07 Å². The van der Waals surface area contributed by atoms with Crippen molar-refractivity contribution < 1.29 is 4.79 Å². The molecule has 0 aromatic heterocycles. The van der Waals surface area contributed by atoms with Crippen molar-refractivity contribution in [3.63, 3.8) is 0 Å². The Morgan fingerprint density at radius 2 is 1.94 bits per heavy atom. The second kappa shape index (κ2) is 5.01. The van der Waals surface area contributed by atoms with Gasteiger partial charge < -0.3 is 5.32 Å². The first kappa shape index (κ1) is 11.7. The summed E-state index contributed by atoms with van der Waals surface area (Å²) in [5.74, 6) is -0.147. The lowest BCUT2D eigenvalue weighted by molar-refractivity contribution is -0.125. The van der Waals surface area contributed by atoms with Crippen molar-refractivity contribution in [2.24, 2.45) is 0 Å². The number of amides is 1. The van der Waals surface area contributed by atoms with E-state index in [1.54, 1.807) is 0 Å². The summed E-state index contributed by atoms with van der Waals surface area (Å²) >= 11 is 0. The molecule has 1 N–H and O–H groups in total. The predicted molar refractivity (Wildman–Crippen MR) is 65.2 cm³/mol. The Hall–Kier alpha value is -1.82. The summed E-state index contributed by atoms with van der Waals surface area (Å²) in [4.78, 5) is 12.2. The topological polar surface area (TPSA) is 52.9 Å². The van der Waals surface area contributed by atoms with Crippen molar-refractivity contribution in [2.45, 2.75) is 31.1 Å². The molecule has 88 valence electrons. The average molecular weight is 228 g/mol. The first-order valence-electron chi connectivity index (χ1n) is 6.05. The van der Waals surface area contributed by atoms with Gasteiger partial charge in [0.2, 0.25) is 5.91 Å². The Bertz CT molecular complexity index is 435. The fourth-order valence-corrected chi connectivity index (χ4v) is 2.33. The quantitative estimate of drug-likeness (QED) is 0.800. The Morgan fingerprint density at radius 3 is 2.65 bits per heavy atom. The van der Waals surface area contributed by atoms with Crippen LogP contribution in [0.2, 0.25) is 0 Å². The number of benzene rings is 1. The molecule has 1 aromatic rings. The van der Waals surface area contributed by atoms with Crippen LogP contribution in [0.15, 0.2) is 30.3 Å². The van der Waals surface area contributed by atoms with Crippen LogP contribution in [0, 0.1) is 11.3 Å². The lowest BCUT2D eigenvalue weighted by Gasteiger charge is -2.28. The third-order valence-electron chi connectivity index (χ3n) is 3.36. The first-order chi connectivity index (χ1) is 8.29. The van der Waals surface area contributed by atoms with E-state index in [1.807, 2.05) is 30.3 Å². The molecule has 0 spiro atoms. The minimum absolute atomic E-state index is 0.147. The van der Waals surface area contributed by atoms with Gasteiger partial charge in [-0.3, -0.25) is 4.79 Å². The Morgan fingerprint density at radius 1 is 1.18 bits per heavy atom. The molecule has 1 amide bonds. The van der Waals surface area contributed by atoms with E-state index in [-0.39, 0.29) is 5.91 Å². The second-order valence-corrected chi connectivity index (χ2v) is 4.45. The number of rotatable bonds is 1. The number of hydrogen-bond donors (Lipinski definition) is 1. The standard InChI is InChI=1S/C14H16N2O/c15-11-14(12-7-3-1-4-8-12)9-5-2-6-10-16-13(14)17/h1,3-4,7-8H,2,5-6,9-10H2,(H,16,17). The van der Waals surface area contributed by atoms with Crippen LogP contribution in [0.5, 0.6) is 0 Å². The van der Waals surface area contributed by atoms with Crippen LogP contribution in [0.1, 0.15) is 31.2 Å². The van der Waals surface area contributed by atoms with Crippen molar-refractivity contribution in [2.75, 3.05) is 6.54 Å². The van der Waals surface area contributed by atoms with Crippen LogP contribution in [0.4, 0.5) is 0 Å². The maximum Gasteiger partial charge on any atom is 0.245 e. The number of nitrogens with one attached hydrogen (secondary N) is 1. The minimum atomic E-state index is -0.998. The van der Waals surface area contributed by atoms with E-state index in [2.05, 4.69) is 11.4 Å². The van der Waals surface area contributed by atoms with Crippen LogP contribution >= 0.6 is 0 Å². The van der Waals surface area contributed by atoms with Crippen LogP contribution in [0.3, 0.4) is 0 Å². The van der Waals surface area contributed by atoms with Crippen molar-refractivity contribution >= 4 is 5.91 Å². The largest absolute Gasteiger partial charge is 0.354 e. The van der Waals surface area contributed by atoms with E-state index in [9.17, 15) is 10.1 Å². The highest BCUT2D eigenvalue weighted by atomic mass is 16.2. The van der Waals surface area contributed by atoms with E-state index in [4.69, 9.17) is 0 Å². The molecule has 1 heterocycles. The van der Waals surface area contributed by atoms with E-state index < -0.39 is 5.41 Å². The summed E-state index contributed by atoms with van der Waals surface area (Å²) in [6.45, 7) is 0.676. The van der Waals surface area contributed by atoms with Gasteiger partial charge in [-0.15, -0.1) is 0 Å². The molecule has 0 bridgehead atoms. The van der Waals surface area contributed by atoms with Gasteiger partial charge >= 0.3 is 0 Å². The zero-order valence-electron chi connectivity index (χ0n) is 9.78. The molecule has 0 aliphatic carbocycles. The molecule has 1 aromatic carbocycles. The lowest BCUT2D eigenvalue weighted by Crippen LogP contribution is -2.45. The molecule has 17 heavy (non-hydrogen) atoms. The highest BCUT2D eigenvalue weighted by Crippen LogP contribution is 2.31. The molecule has 1 saturated heterocycles. The number of carbonyl (C=O) groups is 1. The first-order valence-corrected chi connectivity index (χ1v) is 6.05. The van der Waals surface area contributed by atoms with Crippen molar-refractivity contribution in [1.82, 2.24) is 5.32 Å². The van der Waals surface area contributed by atoms with Gasteiger partial charge in [0.05, 0.1) is 6.07 Å². The maximum atomic E-state index is 12.2. The van der Waals surface area contributed by atoms with Gasteiger partial charge in [0.25, 0.3) is 0 Å². The molecule has 1 atom stereocenters. The molecule has 3 heteroatoms. The van der Waals surface area contributed by atoms with Crippen LogP contribution in [0.25, 0.3) is 0 Å². The van der Waals surface area contributed by atoms with Crippen LogP contribution in [-0.2, 0) is 10.2 Å². The molecule has 1 aliphatic heterocycles. The van der Waals surface area contributed by atoms with Crippen LogP contribution in [-0.4, -0.2) is 12.5 Å². The fraction of sp³-hybridized carbons (Fsp3) is 0.429. The average Bonchev–Trinajstić information content (AvgIpc) is 2.36. The molecule has 2 rings (SSSR count). The van der Waals surface area contributed by atoms with Crippen LogP contribution < -0.4 is 5.32 Å². The summed E-state index contributed by atoms with van der Waals surface area (Å²) in [5.41, 5.74) is -0.191. The number of nitriles is 1. The zero-order valence-corrected chi connectivity index (χ0v) is 9.78. The van der Waals surface area contributed by atoms with Gasteiger partial charge in [0.15, 0.2) is 5.41 Å². The highest BCUT2D eigenvalue weighted by molar-refractivity contribution is 5.91.